The zero-order valence-electron chi connectivity index (χ0n) is 7.84. The molecule has 0 spiro atoms. The number of hydrogen-bond acceptors (Lipinski definition) is 2. The van der Waals surface area contributed by atoms with Crippen molar-refractivity contribution in [3.05, 3.63) is 30.0 Å². The third kappa shape index (κ3) is 1.44. The van der Waals surface area contributed by atoms with E-state index in [1.54, 1.807) is 7.11 Å². The van der Waals surface area contributed by atoms with Crippen molar-refractivity contribution in [1.29, 1.82) is 0 Å². The molecule has 2 heteroatoms. The normalized spacial score (nSPS) is 15.3. The van der Waals surface area contributed by atoms with Crippen LogP contribution < -0.4 is 4.74 Å². The molecular weight excluding hydrogens is 162 g/mol. The molecule has 1 aromatic heterocycles. The van der Waals surface area contributed by atoms with Gasteiger partial charge in [0.1, 0.15) is 0 Å². The lowest BCUT2D eigenvalue weighted by molar-refractivity contribution is 0.397. The molecule has 0 saturated carbocycles. The number of aromatic nitrogens is 1. The molecule has 0 amide bonds. The van der Waals surface area contributed by atoms with Crippen LogP contribution in [0, 0.1) is 0 Å². The lowest BCUT2D eigenvalue weighted by Crippen LogP contribution is -2.02. The highest BCUT2D eigenvalue weighted by Gasteiger charge is 2.13. The number of fused-ring (bicyclic) bond motifs is 1. The molecular formula is C11H13NO. The Kier molecular flexibility index (Phi) is 2.05. The number of ether oxygens (including phenoxy) is 1. The van der Waals surface area contributed by atoms with Crippen molar-refractivity contribution < 1.29 is 4.74 Å². The molecule has 0 N–H and O–H groups in total. The summed E-state index contributed by atoms with van der Waals surface area (Å²) in [6, 6.07) is 2.01. The largest absolute Gasteiger partial charge is 0.481 e. The molecule has 13 heavy (non-hydrogen) atoms. The second kappa shape index (κ2) is 3.21. The van der Waals surface area contributed by atoms with Gasteiger partial charge in [0.15, 0.2) is 0 Å². The number of allylic oxidation sites excluding steroid dienone is 1. The van der Waals surface area contributed by atoms with Gasteiger partial charge in [-0.05, 0) is 36.0 Å². The molecule has 2 rings (SSSR count). The van der Waals surface area contributed by atoms with Crippen LogP contribution in [-0.4, -0.2) is 12.1 Å². The van der Waals surface area contributed by atoms with Crippen molar-refractivity contribution in [2.45, 2.75) is 19.3 Å². The van der Waals surface area contributed by atoms with Gasteiger partial charge < -0.3 is 4.74 Å². The van der Waals surface area contributed by atoms with E-state index in [1.807, 2.05) is 12.3 Å². The van der Waals surface area contributed by atoms with Crippen molar-refractivity contribution in [1.82, 2.24) is 4.98 Å². The van der Waals surface area contributed by atoms with Crippen LogP contribution in [0.15, 0.2) is 18.8 Å². The molecule has 0 bridgehead atoms. The minimum absolute atomic E-state index is 0.702. The van der Waals surface area contributed by atoms with E-state index < -0.39 is 0 Å². The van der Waals surface area contributed by atoms with Crippen LogP contribution in [0.25, 0.3) is 5.57 Å². The number of pyridine rings is 1. The maximum absolute atomic E-state index is 5.07. The molecule has 0 radical (unpaired) electrons. The smallest absolute Gasteiger partial charge is 0.213 e. The van der Waals surface area contributed by atoms with Crippen molar-refractivity contribution in [2.24, 2.45) is 0 Å². The highest BCUT2D eigenvalue weighted by molar-refractivity contribution is 5.67. The average Bonchev–Trinajstić information content (AvgIpc) is 2.18. The van der Waals surface area contributed by atoms with E-state index in [-0.39, 0.29) is 0 Å². The minimum atomic E-state index is 0.702. The topological polar surface area (TPSA) is 22.1 Å². The fraction of sp³-hybridized carbons (Fsp3) is 0.364. The Labute approximate surface area is 78.3 Å². The molecule has 0 saturated heterocycles. The summed E-state index contributed by atoms with van der Waals surface area (Å²) in [5.41, 5.74) is 3.74. The lowest BCUT2D eigenvalue weighted by Gasteiger charge is -2.17. The summed E-state index contributed by atoms with van der Waals surface area (Å²) in [7, 11) is 1.65. The third-order valence-corrected chi connectivity index (χ3v) is 2.48. The zero-order chi connectivity index (χ0) is 9.26. The molecule has 0 unspecified atom stereocenters. The zero-order valence-corrected chi connectivity index (χ0v) is 7.84. The fourth-order valence-electron chi connectivity index (χ4n) is 1.74. The lowest BCUT2D eigenvalue weighted by atomic mass is 9.90. The van der Waals surface area contributed by atoms with E-state index in [2.05, 4.69) is 11.6 Å². The summed E-state index contributed by atoms with van der Waals surface area (Å²) in [6.45, 7) is 4.03. The Morgan fingerprint density at radius 3 is 3.08 bits per heavy atom. The summed E-state index contributed by atoms with van der Waals surface area (Å²) in [5.74, 6) is 0.702. The second-order valence-electron chi connectivity index (χ2n) is 3.34. The van der Waals surface area contributed by atoms with Gasteiger partial charge in [-0.15, -0.1) is 0 Å². The maximum Gasteiger partial charge on any atom is 0.213 e. The second-order valence-corrected chi connectivity index (χ2v) is 3.34. The fourth-order valence-corrected chi connectivity index (χ4v) is 1.74. The maximum atomic E-state index is 5.07. The Balaban J connectivity index is 2.45. The van der Waals surface area contributed by atoms with Crippen LogP contribution >= 0.6 is 0 Å². The van der Waals surface area contributed by atoms with E-state index >= 15 is 0 Å². The van der Waals surface area contributed by atoms with Crippen molar-refractivity contribution in [3.63, 3.8) is 0 Å². The minimum Gasteiger partial charge on any atom is -0.481 e. The van der Waals surface area contributed by atoms with Crippen LogP contribution in [0.1, 0.15) is 24.0 Å². The van der Waals surface area contributed by atoms with Crippen LogP contribution in [0.2, 0.25) is 0 Å². The molecule has 1 aliphatic rings. The van der Waals surface area contributed by atoms with E-state index in [9.17, 15) is 0 Å². The van der Waals surface area contributed by atoms with E-state index in [1.165, 1.54) is 23.1 Å². The number of nitrogens with zero attached hydrogens (tertiary/aromatic N) is 1. The van der Waals surface area contributed by atoms with Crippen LogP contribution in [0.3, 0.4) is 0 Å². The van der Waals surface area contributed by atoms with Gasteiger partial charge in [0.2, 0.25) is 5.88 Å². The van der Waals surface area contributed by atoms with Crippen LogP contribution in [0.5, 0.6) is 5.88 Å². The number of hydrogen-bond donors (Lipinski definition) is 0. The van der Waals surface area contributed by atoms with Gasteiger partial charge in [-0.25, -0.2) is 4.98 Å². The average molecular weight is 175 g/mol. The molecule has 0 atom stereocenters. The Hall–Kier alpha value is -1.31. The highest BCUT2D eigenvalue weighted by Crippen LogP contribution is 2.30. The first-order chi connectivity index (χ1) is 6.31. The molecule has 1 heterocycles. The molecule has 0 aromatic carbocycles. The van der Waals surface area contributed by atoms with Crippen LogP contribution in [-0.2, 0) is 6.42 Å². The predicted octanol–water partition coefficient (Wildman–Crippen LogP) is 2.44. The SMILES string of the molecule is C=C1CCCc2cc(OC)ncc21. The first-order valence-electron chi connectivity index (χ1n) is 4.52. The van der Waals surface area contributed by atoms with E-state index in [0.29, 0.717) is 5.88 Å². The van der Waals surface area contributed by atoms with Gasteiger partial charge in [-0.2, -0.15) is 0 Å². The standard InChI is InChI=1S/C11H13NO/c1-8-4-3-5-9-6-11(13-2)12-7-10(8)9/h6-7H,1,3-5H2,2H3. The van der Waals surface area contributed by atoms with Crippen molar-refractivity contribution in [3.8, 4) is 5.88 Å². The summed E-state index contributed by atoms with van der Waals surface area (Å²) < 4.78 is 5.07. The Bertz CT molecular complexity index is 344. The number of aryl methyl sites for hydroxylation is 1. The third-order valence-electron chi connectivity index (χ3n) is 2.48. The number of rotatable bonds is 1. The summed E-state index contributed by atoms with van der Waals surface area (Å²) in [5, 5.41) is 0. The first kappa shape index (κ1) is 8.30. The van der Waals surface area contributed by atoms with Gasteiger partial charge in [0, 0.05) is 12.3 Å². The van der Waals surface area contributed by atoms with Gasteiger partial charge in [-0.1, -0.05) is 6.58 Å². The summed E-state index contributed by atoms with van der Waals surface area (Å²) >= 11 is 0. The first-order valence-corrected chi connectivity index (χ1v) is 4.52. The van der Waals surface area contributed by atoms with Gasteiger partial charge in [0.05, 0.1) is 7.11 Å². The Morgan fingerprint density at radius 1 is 1.46 bits per heavy atom. The van der Waals surface area contributed by atoms with Gasteiger partial charge in [0.25, 0.3) is 0 Å². The monoisotopic (exact) mass is 175 g/mol. The predicted molar refractivity (Wildman–Crippen MR) is 52.8 cm³/mol. The summed E-state index contributed by atoms with van der Waals surface area (Å²) in [6.07, 6.45) is 5.28. The van der Waals surface area contributed by atoms with E-state index in [4.69, 9.17) is 4.74 Å². The van der Waals surface area contributed by atoms with Crippen LogP contribution in [0.4, 0.5) is 0 Å². The molecule has 0 fully saturated rings. The van der Waals surface area contributed by atoms with Gasteiger partial charge in [-0.3, -0.25) is 0 Å². The van der Waals surface area contributed by atoms with Crippen molar-refractivity contribution in [2.75, 3.05) is 7.11 Å². The molecule has 2 nitrogen and oxygen atoms in total. The Morgan fingerprint density at radius 2 is 2.31 bits per heavy atom. The van der Waals surface area contributed by atoms with Gasteiger partial charge >= 0.3 is 0 Å². The summed E-state index contributed by atoms with van der Waals surface area (Å²) in [4.78, 5) is 4.18. The molecule has 1 aliphatic carbocycles. The highest BCUT2D eigenvalue weighted by atomic mass is 16.5. The van der Waals surface area contributed by atoms with E-state index in [0.717, 1.165) is 12.8 Å². The molecule has 68 valence electrons. The number of methoxy groups -OCH3 is 1. The molecule has 1 aromatic rings. The molecule has 0 aliphatic heterocycles. The quantitative estimate of drug-likeness (QED) is 0.654. The van der Waals surface area contributed by atoms with Crippen molar-refractivity contribution >= 4 is 5.57 Å².